The van der Waals surface area contributed by atoms with Gasteiger partial charge in [0, 0.05) is 13.2 Å². The number of rotatable bonds is 5. The summed E-state index contributed by atoms with van der Waals surface area (Å²) in [4.78, 5) is 0. The minimum atomic E-state index is 0.821. The summed E-state index contributed by atoms with van der Waals surface area (Å²) in [5.41, 5.74) is 2.02. The lowest BCUT2D eigenvalue weighted by Gasteiger charge is -1.99. The summed E-state index contributed by atoms with van der Waals surface area (Å²) in [6.07, 6.45) is 8.05. The van der Waals surface area contributed by atoms with Crippen molar-refractivity contribution >= 4 is 0 Å². The van der Waals surface area contributed by atoms with Crippen LogP contribution in [0.25, 0.3) is 0 Å². The summed E-state index contributed by atoms with van der Waals surface area (Å²) in [5, 5.41) is 8.92. The van der Waals surface area contributed by atoms with Crippen LogP contribution in [-0.2, 0) is 13.5 Å². The molecule has 0 N–H and O–H groups in total. The van der Waals surface area contributed by atoms with Crippen LogP contribution < -0.4 is 0 Å². The number of nitrogens with zero attached hydrogens (tertiary/aromatic N) is 2. The van der Waals surface area contributed by atoms with Gasteiger partial charge in [-0.2, -0.15) is 5.26 Å². The fourth-order valence-corrected chi connectivity index (χ4v) is 1.68. The molecule has 0 aromatic carbocycles. The summed E-state index contributed by atoms with van der Waals surface area (Å²) >= 11 is 0. The summed E-state index contributed by atoms with van der Waals surface area (Å²) < 4.78 is 1.90. The smallest absolute Gasteiger partial charge is 0.123 e. The zero-order valence-corrected chi connectivity index (χ0v) is 9.08. The zero-order chi connectivity index (χ0) is 10.4. The first-order valence-electron chi connectivity index (χ1n) is 5.34. The number of nitriles is 1. The molecule has 0 radical (unpaired) electrons. The van der Waals surface area contributed by atoms with E-state index in [0.29, 0.717) is 0 Å². The second kappa shape index (κ2) is 5.49. The van der Waals surface area contributed by atoms with Crippen LogP contribution in [0.15, 0.2) is 12.3 Å². The van der Waals surface area contributed by atoms with Crippen molar-refractivity contribution in [2.45, 2.75) is 39.0 Å². The van der Waals surface area contributed by atoms with Gasteiger partial charge in [0.15, 0.2) is 0 Å². The topological polar surface area (TPSA) is 28.7 Å². The predicted molar refractivity (Wildman–Crippen MR) is 58.0 cm³/mol. The van der Waals surface area contributed by atoms with Crippen molar-refractivity contribution in [3.8, 4) is 6.07 Å². The Bertz CT molecular complexity index is 318. The van der Waals surface area contributed by atoms with Gasteiger partial charge in [0.05, 0.1) is 0 Å². The lowest BCUT2D eigenvalue weighted by atomic mass is 10.1. The van der Waals surface area contributed by atoms with E-state index in [1.165, 1.54) is 31.2 Å². The Morgan fingerprint density at radius 3 is 2.79 bits per heavy atom. The lowest BCUT2D eigenvalue weighted by molar-refractivity contribution is 0.665. The minimum Gasteiger partial charge on any atom is -0.342 e. The van der Waals surface area contributed by atoms with Gasteiger partial charge in [0.1, 0.15) is 11.8 Å². The number of aromatic nitrogens is 1. The van der Waals surface area contributed by atoms with Gasteiger partial charge in [-0.3, -0.25) is 0 Å². The minimum absolute atomic E-state index is 0.821. The summed E-state index contributed by atoms with van der Waals surface area (Å²) in [6, 6.07) is 4.31. The Morgan fingerprint density at radius 2 is 2.14 bits per heavy atom. The molecule has 0 saturated heterocycles. The van der Waals surface area contributed by atoms with Gasteiger partial charge in [0.25, 0.3) is 0 Å². The van der Waals surface area contributed by atoms with Crippen LogP contribution in [-0.4, -0.2) is 4.57 Å². The van der Waals surface area contributed by atoms with Crippen LogP contribution in [0.4, 0.5) is 0 Å². The fraction of sp³-hybridized carbons (Fsp3) is 0.583. The Hall–Kier alpha value is -1.23. The SMILES string of the molecule is CCCCCCc1ccn(C)c1C#N. The highest BCUT2D eigenvalue weighted by atomic mass is 14.9. The highest BCUT2D eigenvalue weighted by Crippen LogP contribution is 2.13. The van der Waals surface area contributed by atoms with Crippen molar-refractivity contribution in [3.05, 3.63) is 23.5 Å². The van der Waals surface area contributed by atoms with Crippen molar-refractivity contribution in [2.24, 2.45) is 7.05 Å². The van der Waals surface area contributed by atoms with E-state index in [1.807, 2.05) is 17.8 Å². The molecular weight excluding hydrogens is 172 g/mol. The lowest BCUT2D eigenvalue weighted by Crippen LogP contribution is -1.93. The molecule has 0 atom stereocenters. The molecule has 0 unspecified atom stereocenters. The van der Waals surface area contributed by atoms with Crippen molar-refractivity contribution in [3.63, 3.8) is 0 Å². The predicted octanol–water partition coefficient (Wildman–Crippen LogP) is 3.02. The first kappa shape index (κ1) is 10.8. The summed E-state index contributed by atoms with van der Waals surface area (Å²) in [6.45, 7) is 2.21. The average molecular weight is 190 g/mol. The molecule has 0 aliphatic carbocycles. The molecular formula is C12H18N2. The number of hydrogen-bond acceptors (Lipinski definition) is 1. The Morgan fingerprint density at radius 1 is 1.36 bits per heavy atom. The molecule has 0 saturated carbocycles. The number of aryl methyl sites for hydroxylation is 2. The molecule has 1 heterocycles. The largest absolute Gasteiger partial charge is 0.342 e. The van der Waals surface area contributed by atoms with Crippen LogP contribution in [0.2, 0.25) is 0 Å². The van der Waals surface area contributed by atoms with Crippen molar-refractivity contribution in [1.82, 2.24) is 4.57 Å². The normalized spacial score (nSPS) is 10.1. The maximum atomic E-state index is 8.92. The highest BCUT2D eigenvalue weighted by Gasteiger charge is 2.04. The molecule has 0 aliphatic heterocycles. The number of unbranched alkanes of at least 4 members (excludes halogenated alkanes) is 3. The van der Waals surface area contributed by atoms with Crippen LogP contribution >= 0.6 is 0 Å². The third-order valence-electron chi connectivity index (χ3n) is 2.56. The maximum absolute atomic E-state index is 8.92. The second-order valence-corrected chi connectivity index (χ2v) is 3.72. The van der Waals surface area contributed by atoms with Gasteiger partial charge in [0.2, 0.25) is 0 Å². The maximum Gasteiger partial charge on any atom is 0.123 e. The van der Waals surface area contributed by atoms with Crippen molar-refractivity contribution in [1.29, 1.82) is 5.26 Å². The van der Waals surface area contributed by atoms with Crippen LogP contribution in [0, 0.1) is 11.3 Å². The number of hydrogen-bond donors (Lipinski definition) is 0. The monoisotopic (exact) mass is 190 g/mol. The average Bonchev–Trinajstić information content (AvgIpc) is 2.54. The summed E-state index contributed by atoms with van der Waals surface area (Å²) in [5.74, 6) is 0. The third-order valence-corrected chi connectivity index (χ3v) is 2.56. The molecule has 76 valence electrons. The van der Waals surface area contributed by atoms with Crippen molar-refractivity contribution in [2.75, 3.05) is 0 Å². The van der Waals surface area contributed by atoms with Crippen LogP contribution in [0.5, 0.6) is 0 Å². The highest BCUT2D eigenvalue weighted by molar-refractivity contribution is 5.32. The van der Waals surface area contributed by atoms with Gasteiger partial charge in [-0.1, -0.05) is 26.2 Å². The molecule has 1 aromatic rings. The van der Waals surface area contributed by atoms with E-state index in [2.05, 4.69) is 19.1 Å². The molecule has 0 spiro atoms. The molecule has 0 amide bonds. The van der Waals surface area contributed by atoms with E-state index in [0.717, 1.165) is 12.1 Å². The Balaban J connectivity index is 2.47. The Labute approximate surface area is 86.2 Å². The molecule has 1 aromatic heterocycles. The molecule has 1 rings (SSSR count). The summed E-state index contributed by atoms with van der Waals surface area (Å²) in [7, 11) is 1.92. The van der Waals surface area contributed by atoms with Crippen LogP contribution in [0.1, 0.15) is 43.9 Å². The van der Waals surface area contributed by atoms with Gasteiger partial charge < -0.3 is 4.57 Å². The Kier molecular flexibility index (Phi) is 4.25. The third kappa shape index (κ3) is 2.63. The van der Waals surface area contributed by atoms with E-state index < -0.39 is 0 Å². The molecule has 2 heteroatoms. The quantitative estimate of drug-likeness (QED) is 0.656. The van der Waals surface area contributed by atoms with Crippen molar-refractivity contribution < 1.29 is 0 Å². The standard InChI is InChI=1S/C12H18N2/c1-3-4-5-6-7-11-8-9-14(2)12(11)10-13/h8-9H,3-7H2,1-2H3. The van der Waals surface area contributed by atoms with E-state index in [9.17, 15) is 0 Å². The van der Waals surface area contributed by atoms with E-state index in [4.69, 9.17) is 5.26 Å². The second-order valence-electron chi connectivity index (χ2n) is 3.72. The van der Waals surface area contributed by atoms with E-state index in [-0.39, 0.29) is 0 Å². The molecule has 14 heavy (non-hydrogen) atoms. The van der Waals surface area contributed by atoms with Gasteiger partial charge in [-0.15, -0.1) is 0 Å². The van der Waals surface area contributed by atoms with E-state index >= 15 is 0 Å². The zero-order valence-electron chi connectivity index (χ0n) is 9.08. The first-order valence-corrected chi connectivity index (χ1v) is 5.34. The van der Waals surface area contributed by atoms with E-state index in [1.54, 1.807) is 0 Å². The fourth-order valence-electron chi connectivity index (χ4n) is 1.68. The molecule has 0 aliphatic rings. The molecule has 0 bridgehead atoms. The van der Waals surface area contributed by atoms with Crippen LogP contribution in [0.3, 0.4) is 0 Å². The van der Waals surface area contributed by atoms with Gasteiger partial charge >= 0.3 is 0 Å². The molecule has 0 fully saturated rings. The van der Waals surface area contributed by atoms with Gasteiger partial charge in [-0.25, -0.2) is 0 Å². The first-order chi connectivity index (χ1) is 6.79. The molecule has 2 nitrogen and oxygen atoms in total. The van der Waals surface area contributed by atoms with Gasteiger partial charge in [-0.05, 0) is 24.5 Å².